The maximum absolute atomic E-state index is 12.6. The average molecular weight is 422 g/mol. The van der Waals surface area contributed by atoms with Crippen LogP contribution in [-0.2, 0) is 11.2 Å². The molecule has 0 radical (unpaired) electrons. The van der Waals surface area contributed by atoms with Crippen molar-refractivity contribution in [3.8, 4) is 0 Å². The molecule has 0 N–H and O–H groups in total. The Morgan fingerprint density at radius 2 is 1.59 bits per heavy atom. The SMILES string of the molecule is O=C(CCCc1nc2ccccc2s1)N1CCC(c2nc3ccccc3s2)CC1. The summed E-state index contributed by atoms with van der Waals surface area (Å²) in [6, 6.07) is 16.6. The van der Waals surface area contributed by atoms with E-state index in [4.69, 9.17) is 4.98 Å². The summed E-state index contributed by atoms with van der Waals surface area (Å²) >= 11 is 3.55. The molecule has 1 amide bonds. The molecule has 0 saturated carbocycles. The highest BCUT2D eigenvalue weighted by Gasteiger charge is 2.25. The van der Waals surface area contributed by atoms with Crippen LogP contribution in [0.25, 0.3) is 20.4 Å². The Balaban J connectivity index is 1.12. The molecule has 148 valence electrons. The van der Waals surface area contributed by atoms with E-state index < -0.39 is 0 Å². The molecule has 3 heterocycles. The molecule has 0 unspecified atom stereocenters. The van der Waals surface area contributed by atoms with Gasteiger partial charge in [-0.2, -0.15) is 0 Å². The Morgan fingerprint density at radius 1 is 0.931 bits per heavy atom. The van der Waals surface area contributed by atoms with Crippen LogP contribution in [-0.4, -0.2) is 33.9 Å². The van der Waals surface area contributed by atoms with Crippen LogP contribution in [0, 0.1) is 0 Å². The van der Waals surface area contributed by atoms with Crippen LogP contribution < -0.4 is 0 Å². The Morgan fingerprint density at radius 3 is 2.28 bits per heavy atom. The van der Waals surface area contributed by atoms with Gasteiger partial charge in [-0.05, 0) is 49.9 Å². The zero-order valence-electron chi connectivity index (χ0n) is 16.2. The summed E-state index contributed by atoms with van der Waals surface area (Å²) in [6.07, 6.45) is 4.40. The number of piperidine rings is 1. The van der Waals surface area contributed by atoms with E-state index in [9.17, 15) is 4.79 Å². The number of fused-ring (bicyclic) bond motifs is 2. The fraction of sp³-hybridized carbons (Fsp3) is 0.348. The summed E-state index contributed by atoms with van der Waals surface area (Å²) in [4.78, 5) is 24.2. The Kier molecular flexibility index (Phi) is 5.29. The van der Waals surface area contributed by atoms with Crippen molar-refractivity contribution in [1.82, 2.24) is 14.9 Å². The van der Waals surface area contributed by atoms with E-state index in [2.05, 4.69) is 35.3 Å². The largest absolute Gasteiger partial charge is 0.343 e. The van der Waals surface area contributed by atoms with Gasteiger partial charge in [0, 0.05) is 25.4 Å². The molecule has 1 aliphatic heterocycles. The maximum Gasteiger partial charge on any atom is 0.222 e. The molecule has 5 rings (SSSR count). The molecule has 1 aliphatic rings. The van der Waals surface area contributed by atoms with Crippen LogP contribution in [0.5, 0.6) is 0 Å². The first-order valence-corrected chi connectivity index (χ1v) is 11.9. The number of benzene rings is 2. The molecule has 1 fully saturated rings. The standard InChI is InChI=1S/C23H23N3OS2/c27-22(11-5-10-21-24-17-6-1-3-8-19(17)28-21)26-14-12-16(13-15-26)23-25-18-7-2-4-9-20(18)29-23/h1-4,6-9,16H,5,10-15H2. The third-order valence-electron chi connectivity index (χ3n) is 5.63. The number of rotatable bonds is 5. The number of carbonyl (C=O) groups excluding carboxylic acids is 1. The van der Waals surface area contributed by atoms with E-state index >= 15 is 0 Å². The molecule has 2 aromatic heterocycles. The lowest BCUT2D eigenvalue weighted by Gasteiger charge is -2.31. The quantitative estimate of drug-likeness (QED) is 0.419. The maximum atomic E-state index is 12.6. The highest BCUT2D eigenvalue weighted by Crippen LogP contribution is 2.34. The Labute approximate surface area is 178 Å². The van der Waals surface area contributed by atoms with Crippen LogP contribution in [0.15, 0.2) is 48.5 Å². The Hall–Kier alpha value is -2.31. The van der Waals surface area contributed by atoms with Crippen LogP contribution >= 0.6 is 22.7 Å². The van der Waals surface area contributed by atoms with Gasteiger partial charge >= 0.3 is 0 Å². The van der Waals surface area contributed by atoms with Gasteiger partial charge in [-0.1, -0.05) is 24.3 Å². The van der Waals surface area contributed by atoms with Gasteiger partial charge in [0.15, 0.2) is 0 Å². The number of nitrogens with zero attached hydrogens (tertiary/aromatic N) is 3. The molecular weight excluding hydrogens is 398 g/mol. The monoisotopic (exact) mass is 421 g/mol. The number of hydrogen-bond acceptors (Lipinski definition) is 5. The number of aryl methyl sites for hydroxylation is 1. The first-order valence-electron chi connectivity index (χ1n) is 10.2. The third-order valence-corrected chi connectivity index (χ3v) is 7.92. The third kappa shape index (κ3) is 4.05. The highest BCUT2D eigenvalue weighted by atomic mass is 32.1. The van der Waals surface area contributed by atoms with E-state index in [1.807, 2.05) is 23.1 Å². The number of carbonyl (C=O) groups is 1. The summed E-state index contributed by atoms with van der Waals surface area (Å²) in [7, 11) is 0. The van der Waals surface area contributed by atoms with Gasteiger partial charge in [0.05, 0.1) is 30.4 Å². The molecule has 4 nitrogen and oxygen atoms in total. The van der Waals surface area contributed by atoms with E-state index in [1.165, 1.54) is 14.4 Å². The second-order valence-corrected chi connectivity index (χ2v) is 9.78. The number of aromatic nitrogens is 2. The zero-order valence-corrected chi connectivity index (χ0v) is 17.8. The molecule has 4 aromatic rings. The molecular formula is C23H23N3OS2. The lowest BCUT2D eigenvalue weighted by atomic mass is 9.97. The van der Waals surface area contributed by atoms with Crippen LogP contribution in [0.2, 0.25) is 0 Å². The van der Waals surface area contributed by atoms with E-state index in [0.717, 1.165) is 54.8 Å². The fourth-order valence-electron chi connectivity index (χ4n) is 4.02. The summed E-state index contributed by atoms with van der Waals surface area (Å²) in [6.45, 7) is 1.70. The molecule has 29 heavy (non-hydrogen) atoms. The molecule has 6 heteroatoms. The van der Waals surface area contributed by atoms with Gasteiger partial charge < -0.3 is 4.90 Å². The second kappa shape index (κ2) is 8.20. The van der Waals surface area contributed by atoms with E-state index in [1.54, 1.807) is 22.7 Å². The van der Waals surface area contributed by atoms with Crippen molar-refractivity contribution < 1.29 is 4.79 Å². The summed E-state index contributed by atoms with van der Waals surface area (Å²) in [5, 5.41) is 2.36. The predicted octanol–water partition coefficient (Wildman–Crippen LogP) is 5.63. The highest BCUT2D eigenvalue weighted by molar-refractivity contribution is 7.18. The molecule has 0 aliphatic carbocycles. The van der Waals surface area contributed by atoms with E-state index in [0.29, 0.717) is 12.3 Å². The molecule has 0 spiro atoms. The van der Waals surface area contributed by atoms with Crippen LogP contribution in [0.4, 0.5) is 0 Å². The van der Waals surface area contributed by atoms with Crippen molar-refractivity contribution in [3.63, 3.8) is 0 Å². The smallest absolute Gasteiger partial charge is 0.222 e. The van der Waals surface area contributed by atoms with Crippen molar-refractivity contribution in [2.45, 2.75) is 38.0 Å². The van der Waals surface area contributed by atoms with Gasteiger partial charge in [-0.3, -0.25) is 4.79 Å². The van der Waals surface area contributed by atoms with Crippen molar-refractivity contribution >= 4 is 49.0 Å². The first-order chi connectivity index (χ1) is 14.3. The number of amides is 1. The molecule has 0 atom stereocenters. The van der Waals surface area contributed by atoms with Gasteiger partial charge in [0.25, 0.3) is 0 Å². The van der Waals surface area contributed by atoms with Crippen molar-refractivity contribution in [3.05, 3.63) is 58.5 Å². The van der Waals surface area contributed by atoms with E-state index in [-0.39, 0.29) is 5.91 Å². The van der Waals surface area contributed by atoms with Crippen molar-refractivity contribution in [2.75, 3.05) is 13.1 Å². The van der Waals surface area contributed by atoms with Crippen molar-refractivity contribution in [1.29, 1.82) is 0 Å². The minimum atomic E-state index is 0.286. The van der Waals surface area contributed by atoms with Crippen LogP contribution in [0.3, 0.4) is 0 Å². The molecule has 2 aromatic carbocycles. The summed E-state index contributed by atoms with van der Waals surface area (Å²) in [5.41, 5.74) is 2.16. The summed E-state index contributed by atoms with van der Waals surface area (Å²) in [5.74, 6) is 0.771. The molecule has 0 bridgehead atoms. The average Bonchev–Trinajstić information content (AvgIpc) is 3.37. The van der Waals surface area contributed by atoms with Crippen molar-refractivity contribution in [2.24, 2.45) is 0 Å². The lowest BCUT2D eigenvalue weighted by Crippen LogP contribution is -2.37. The second-order valence-electron chi connectivity index (χ2n) is 7.60. The van der Waals surface area contributed by atoms with Gasteiger partial charge in [0.1, 0.15) is 0 Å². The predicted molar refractivity (Wildman–Crippen MR) is 121 cm³/mol. The number of para-hydroxylation sites is 2. The number of hydrogen-bond donors (Lipinski definition) is 0. The number of likely N-dealkylation sites (tertiary alicyclic amines) is 1. The topological polar surface area (TPSA) is 46.1 Å². The van der Waals surface area contributed by atoms with Gasteiger partial charge in [-0.15, -0.1) is 22.7 Å². The minimum absolute atomic E-state index is 0.286. The fourth-order valence-corrected chi connectivity index (χ4v) is 6.16. The van der Waals surface area contributed by atoms with Crippen LogP contribution in [0.1, 0.15) is 41.6 Å². The lowest BCUT2D eigenvalue weighted by molar-refractivity contribution is -0.132. The Bertz CT molecular complexity index is 1080. The first kappa shape index (κ1) is 18.7. The van der Waals surface area contributed by atoms with Gasteiger partial charge in [0.2, 0.25) is 5.91 Å². The van der Waals surface area contributed by atoms with Gasteiger partial charge in [-0.25, -0.2) is 9.97 Å². The molecule has 1 saturated heterocycles. The minimum Gasteiger partial charge on any atom is -0.343 e. The number of thiazole rings is 2. The zero-order chi connectivity index (χ0) is 19.6. The summed E-state index contributed by atoms with van der Waals surface area (Å²) < 4.78 is 2.49. The normalized spacial score (nSPS) is 15.4.